The highest BCUT2D eigenvalue weighted by Crippen LogP contribution is 2.27. The number of rotatable bonds is 3. The van der Waals surface area contributed by atoms with E-state index in [0.29, 0.717) is 24.8 Å². The number of aromatic nitrogens is 3. The van der Waals surface area contributed by atoms with E-state index in [-0.39, 0.29) is 23.3 Å². The molecular weight excluding hydrogens is 354 g/mol. The van der Waals surface area contributed by atoms with Crippen molar-refractivity contribution >= 4 is 11.6 Å². The third-order valence-corrected chi connectivity index (χ3v) is 6.21. The van der Waals surface area contributed by atoms with Crippen LogP contribution in [0.15, 0.2) is 10.9 Å². The van der Waals surface area contributed by atoms with Crippen LogP contribution in [0, 0.1) is 5.92 Å². The zero-order valence-electron chi connectivity index (χ0n) is 17.4. The second-order valence-corrected chi connectivity index (χ2v) is 8.84. The molecule has 2 aromatic heterocycles. The van der Waals surface area contributed by atoms with Crippen molar-refractivity contribution in [1.29, 1.82) is 0 Å². The lowest BCUT2D eigenvalue weighted by molar-refractivity contribution is -0.135. The van der Waals surface area contributed by atoms with Gasteiger partial charge in [0.1, 0.15) is 0 Å². The number of aromatic amines is 1. The quantitative estimate of drug-likeness (QED) is 0.879. The summed E-state index contributed by atoms with van der Waals surface area (Å²) < 4.78 is 1.60. The largest absolute Gasteiger partial charge is 0.342 e. The van der Waals surface area contributed by atoms with Gasteiger partial charge in [-0.3, -0.25) is 19.6 Å². The molecule has 0 saturated carbocycles. The maximum absolute atomic E-state index is 13.1. The fourth-order valence-corrected chi connectivity index (χ4v) is 4.47. The lowest BCUT2D eigenvalue weighted by Crippen LogP contribution is -2.41. The summed E-state index contributed by atoms with van der Waals surface area (Å²) in [6.45, 7) is 11.4. The lowest BCUT2D eigenvalue weighted by Gasteiger charge is -2.33. The van der Waals surface area contributed by atoms with Gasteiger partial charge in [0.25, 0.3) is 5.56 Å². The summed E-state index contributed by atoms with van der Waals surface area (Å²) in [5.41, 5.74) is 3.47. The summed E-state index contributed by atoms with van der Waals surface area (Å²) in [5.74, 6) is 0.448. The molecule has 0 spiro atoms. The van der Waals surface area contributed by atoms with Gasteiger partial charge in [0.15, 0.2) is 5.65 Å². The number of nitrogens with zero attached hydrogens (tertiary/aromatic N) is 4. The van der Waals surface area contributed by atoms with Gasteiger partial charge in [-0.25, -0.2) is 9.50 Å². The molecule has 1 saturated heterocycles. The van der Waals surface area contributed by atoms with E-state index in [9.17, 15) is 9.59 Å². The maximum Gasteiger partial charge on any atom is 0.277 e. The molecule has 1 atom stereocenters. The molecule has 0 aromatic carbocycles. The average molecular weight is 386 g/mol. The minimum atomic E-state index is 0.0152. The van der Waals surface area contributed by atoms with Crippen molar-refractivity contribution in [3.8, 4) is 0 Å². The zero-order valence-corrected chi connectivity index (χ0v) is 17.4. The van der Waals surface area contributed by atoms with Crippen LogP contribution in [0.1, 0.15) is 63.4 Å². The first-order valence-electron chi connectivity index (χ1n) is 10.5. The SMILES string of the molecule is CC(C)C(=O)N1CCCC(c2cc3nc4c(c(=O)n3[nH]2)CN(C(C)C)CC4)C1. The fraction of sp³-hybridized carbons (Fsp3) is 0.667. The van der Waals surface area contributed by atoms with E-state index >= 15 is 0 Å². The van der Waals surface area contributed by atoms with Crippen molar-refractivity contribution in [2.45, 2.75) is 65.5 Å². The van der Waals surface area contributed by atoms with E-state index in [1.807, 2.05) is 24.8 Å². The molecule has 1 amide bonds. The number of hydrogen-bond acceptors (Lipinski definition) is 4. The molecule has 0 radical (unpaired) electrons. The number of H-pyrrole nitrogens is 1. The van der Waals surface area contributed by atoms with Crippen LogP contribution >= 0.6 is 0 Å². The average Bonchev–Trinajstić information content (AvgIpc) is 3.11. The number of amides is 1. The van der Waals surface area contributed by atoms with Crippen molar-refractivity contribution in [1.82, 2.24) is 24.4 Å². The van der Waals surface area contributed by atoms with Crippen LogP contribution in [-0.2, 0) is 17.8 Å². The van der Waals surface area contributed by atoms with Gasteiger partial charge in [0.05, 0.1) is 11.3 Å². The molecule has 0 bridgehead atoms. The van der Waals surface area contributed by atoms with E-state index in [2.05, 4.69) is 23.8 Å². The fourth-order valence-electron chi connectivity index (χ4n) is 4.47. The Kier molecular flexibility index (Phi) is 5.04. The van der Waals surface area contributed by atoms with Gasteiger partial charge in [-0.1, -0.05) is 13.8 Å². The van der Waals surface area contributed by atoms with Crippen LogP contribution in [0.2, 0.25) is 0 Å². The van der Waals surface area contributed by atoms with Crippen LogP contribution in [0.25, 0.3) is 5.65 Å². The highest BCUT2D eigenvalue weighted by molar-refractivity contribution is 5.78. The Morgan fingerprint density at radius 3 is 2.75 bits per heavy atom. The molecule has 2 aliphatic rings. The Labute approximate surface area is 165 Å². The van der Waals surface area contributed by atoms with Crippen LogP contribution in [0.5, 0.6) is 0 Å². The standard InChI is InChI=1S/C21H31N5O2/c1-13(2)20(27)25-8-5-6-15(11-25)18-10-19-22-17-7-9-24(14(3)4)12-16(17)21(28)26(19)23-18/h10,13-15,23H,5-9,11-12H2,1-4H3. The molecule has 0 aliphatic carbocycles. The minimum Gasteiger partial charge on any atom is -0.342 e. The number of likely N-dealkylation sites (tertiary alicyclic amines) is 1. The van der Waals surface area contributed by atoms with Gasteiger partial charge in [0, 0.05) is 62.2 Å². The predicted molar refractivity (Wildman–Crippen MR) is 108 cm³/mol. The summed E-state index contributed by atoms with van der Waals surface area (Å²) >= 11 is 0. The number of carbonyl (C=O) groups excluding carboxylic acids is 1. The van der Waals surface area contributed by atoms with Crippen molar-refractivity contribution in [3.63, 3.8) is 0 Å². The van der Waals surface area contributed by atoms with Crippen LogP contribution in [0.4, 0.5) is 0 Å². The molecule has 4 rings (SSSR count). The highest BCUT2D eigenvalue weighted by atomic mass is 16.2. The second kappa shape index (κ2) is 7.35. The van der Waals surface area contributed by atoms with Gasteiger partial charge in [-0.15, -0.1) is 0 Å². The number of nitrogens with one attached hydrogen (secondary N) is 1. The van der Waals surface area contributed by atoms with E-state index in [0.717, 1.165) is 49.3 Å². The van der Waals surface area contributed by atoms with Crippen LogP contribution in [0.3, 0.4) is 0 Å². The third kappa shape index (κ3) is 3.36. The molecule has 1 fully saturated rings. The van der Waals surface area contributed by atoms with Gasteiger partial charge in [-0.2, -0.15) is 0 Å². The Bertz CT molecular complexity index is 942. The molecule has 152 valence electrons. The molecule has 4 heterocycles. The number of hydrogen-bond donors (Lipinski definition) is 1. The zero-order chi connectivity index (χ0) is 20.0. The molecule has 2 aromatic rings. The summed E-state index contributed by atoms with van der Waals surface area (Å²) in [6.07, 6.45) is 2.82. The predicted octanol–water partition coefficient (Wildman–Crippen LogP) is 2.15. The topological polar surface area (TPSA) is 73.7 Å². The van der Waals surface area contributed by atoms with Crippen LogP contribution in [-0.4, -0.2) is 56.0 Å². The Hall–Kier alpha value is -2.15. The number of carbonyl (C=O) groups is 1. The Morgan fingerprint density at radius 2 is 2.04 bits per heavy atom. The molecule has 7 heteroatoms. The molecule has 2 aliphatic heterocycles. The van der Waals surface area contributed by atoms with Crippen LogP contribution < -0.4 is 5.56 Å². The van der Waals surface area contributed by atoms with E-state index < -0.39 is 0 Å². The van der Waals surface area contributed by atoms with Crippen molar-refractivity contribution in [3.05, 3.63) is 33.4 Å². The first-order chi connectivity index (χ1) is 13.3. The van der Waals surface area contributed by atoms with Gasteiger partial charge in [0.2, 0.25) is 5.91 Å². The van der Waals surface area contributed by atoms with Crippen molar-refractivity contribution < 1.29 is 4.79 Å². The van der Waals surface area contributed by atoms with E-state index in [4.69, 9.17) is 4.98 Å². The van der Waals surface area contributed by atoms with E-state index in [1.54, 1.807) is 4.52 Å². The normalized spacial score (nSPS) is 20.9. The molecule has 1 unspecified atom stereocenters. The summed E-state index contributed by atoms with van der Waals surface area (Å²) in [6, 6.07) is 2.42. The molecule has 28 heavy (non-hydrogen) atoms. The first kappa shape index (κ1) is 19.2. The third-order valence-electron chi connectivity index (χ3n) is 6.21. The number of fused-ring (bicyclic) bond motifs is 2. The Balaban J connectivity index is 1.64. The molecule has 7 nitrogen and oxygen atoms in total. The second-order valence-electron chi connectivity index (χ2n) is 8.84. The minimum absolute atomic E-state index is 0.0152. The maximum atomic E-state index is 13.1. The molecular formula is C21H31N5O2. The summed E-state index contributed by atoms with van der Waals surface area (Å²) in [4.78, 5) is 34.6. The van der Waals surface area contributed by atoms with Gasteiger partial charge >= 0.3 is 0 Å². The first-order valence-corrected chi connectivity index (χ1v) is 10.5. The van der Waals surface area contributed by atoms with E-state index in [1.165, 1.54) is 0 Å². The summed E-state index contributed by atoms with van der Waals surface area (Å²) in [7, 11) is 0. The van der Waals surface area contributed by atoms with Gasteiger partial charge < -0.3 is 4.90 Å². The molecule has 1 N–H and O–H groups in total. The summed E-state index contributed by atoms with van der Waals surface area (Å²) in [5, 5.41) is 3.30. The Morgan fingerprint density at radius 1 is 1.25 bits per heavy atom. The van der Waals surface area contributed by atoms with Gasteiger partial charge in [-0.05, 0) is 26.7 Å². The monoisotopic (exact) mass is 385 g/mol. The van der Waals surface area contributed by atoms with Crippen molar-refractivity contribution in [2.24, 2.45) is 5.92 Å². The highest BCUT2D eigenvalue weighted by Gasteiger charge is 2.28. The van der Waals surface area contributed by atoms with Crippen molar-refractivity contribution in [2.75, 3.05) is 19.6 Å². The smallest absolute Gasteiger partial charge is 0.277 e. The lowest BCUT2D eigenvalue weighted by atomic mass is 9.94. The number of piperidine rings is 1.